The predicted molar refractivity (Wildman–Crippen MR) is 107 cm³/mol. The molecule has 4 heteroatoms. The molecule has 0 aromatic rings. The van der Waals surface area contributed by atoms with Crippen molar-refractivity contribution >= 4 is 11.9 Å². The van der Waals surface area contributed by atoms with Gasteiger partial charge >= 0.3 is 11.9 Å². The van der Waals surface area contributed by atoms with Gasteiger partial charge in [0, 0.05) is 23.5 Å². The molecule has 4 aliphatic rings. The number of carbonyl (C=O) groups is 2. The number of carbonyl (C=O) groups excluding carboxylic acids is 2. The maximum Gasteiger partial charge on any atom is 0.331 e. The molecule has 0 radical (unpaired) electrons. The third-order valence-corrected chi connectivity index (χ3v) is 10.2. The van der Waals surface area contributed by atoms with Crippen LogP contribution in [0.25, 0.3) is 0 Å². The Hall–Kier alpha value is -1.32. The molecule has 0 N–H and O–H groups in total. The maximum absolute atomic E-state index is 12.3. The van der Waals surface area contributed by atoms with Crippen molar-refractivity contribution in [3.63, 3.8) is 0 Å². The lowest BCUT2D eigenvalue weighted by Gasteiger charge is -2.38. The standard InChI is InChI=1S/C24H36O4/c1-21(2)15-9-12-24(21,6)18(13-15)28-20(26)8-7-19(25)27-17-14-23(5)11-10-16(17)22(23,3)4/h7-8,15-18H,9-14H2,1-6H3/b8-7-/t15-,16+,17-,18+,23-,24-/m1/s1. The summed E-state index contributed by atoms with van der Waals surface area (Å²) in [6.45, 7) is 13.7. The fourth-order valence-electron chi connectivity index (χ4n) is 7.14. The largest absolute Gasteiger partial charge is 0.459 e. The highest BCUT2D eigenvalue weighted by Gasteiger charge is 2.63. The van der Waals surface area contributed by atoms with Crippen LogP contribution in [0.4, 0.5) is 0 Å². The second-order valence-electron chi connectivity index (χ2n) is 11.5. The molecule has 0 amide bonds. The van der Waals surface area contributed by atoms with Gasteiger partial charge in [-0.25, -0.2) is 9.59 Å². The lowest BCUT2D eigenvalue weighted by atomic mass is 9.70. The first-order valence-corrected chi connectivity index (χ1v) is 11.0. The highest BCUT2D eigenvalue weighted by atomic mass is 16.6. The van der Waals surface area contributed by atoms with Crippen LogP contribution in [0.1, 0.15) is 80.1 Å². The first kappa shape index (κ1) is 20.0. The Labute approximate surface area is 169 Å². The molecule has 0 spiro atoms. The van der Waals surface area contributed by atoms with Crippen LogP contribution in [0, 0.1) is 33.5 Å². The minimum atomic E-state index is -0.424. The molecule has 0 aromatic heterocycles. The van der Waals surface area contributed by atoms with E-state index in [2.05, 4.69) is 41.5 Å². The normalized spacial score (nSPS) is 44.9. The molecule has 0 aromatic carbocycles. The van der Waals surface area contributed by atoms with E-state index < -0.39 is 11.9 Å². The van der Waals surface area contributed by atoms with Crippen molar-refractivity contribution in [1.82, 2.24) is 0 Å². The molecule has 0 unspecified atom stereocenters. The average molecular weight is 389 g/mol. The Morgan fingerprint density at radius 2 is 1.50 bits per heavy atom. The Balaban J connectivity index is 1.32. The van der Waals surface area contributed by atoms with Crippen LogP contribution in [-0.4, -0.2) is 24.1 Å². The number of rotatable bonds is 4. The Bertz CT molecular complexity index is 717. The van der Waals surface area contributed by atoms with E-state index >= 15 is 0 Å². The molecule has 6 atom stereocenters. The van der Waals surface area contributed by atoms with Gasteiger partial charge in [-0.3, -0.25) is 0 Å². The van der Waals surface area contributed by atoms with Gasteiger partial charge in [-0.2, -0.15) is 0 Å². The van der Waals surface area contributed by atoms with E-state index in [0.717, 1.165) is 25.7 Å². The molecule has 28 heavy (non-hydrogen) atoms. The first-order chi connectivity index (χ1) is 12.9. The molecule has 0 saturated heterocycles. The molecular formula is C24H36O4. The van der Waals surface area contributed by atoms with E-state index in [9.17, 15) is 9.59 Å². The van der Waals surface area contributed by atoms with Gasteiger partial charge in [-0.05, 0) is 60.7 Å². The van der Waals surface area contributed by atoms with Crippen molar-refractivity contribution < 1.29 is 19.1 Å². The van der Waals surface area contributed by atoms with E-state index in [1.54, 1.807) is 0 Å². The fourth-order valence-corrected chi connectivity index (χ4v) is 7.14. The van der Waals surface area contributed by atoms with Crippen molar-refractivity contribution in [2.24, 2.45) is 33.5 Å². The average Bonchev–Trinajstić information content (AvgIpc) is 3.11. The van der Waals surface area contributed by atoms with Crippen LogP contribution < -0.4 is 0 Å². The maximum atomic E-state index is 12.3. The Morgan fingerprint density at radius 3 is 1.96 bits per heavy atom. The third-order valence-electron chi connectivity index (χ3n) is 10.2. The van der Waals surface area contributed by atoms with Gasteiger partial charge in [0.1, 0.15) is 12.2 Å². The van der Waals surface area contributed by atoms with E-state index in [4.69, 9.17) is 9.47 Å². The molecule has 0 aliphatic heterocycles. The van der Waals surface area contributed by atoms with E-state index in [1.165, 1.54) is 25.0 Å². The van der Waals surface area contributed by atoms with E-state index in [1.807, 2.05) is 0 Å². The minimum absolute atomic E-state index is 0.0335. The predicted octanol–water partition coefficient (Wildman–Crippen LogP) is 5.06. The quantitative estimate of drug-likeness (QED) is 0.499. The van der Waals surface area contributed by atoms with Gasteiger partial charge in [-0.15, -0.1) is 0 Å². The van der Waals surface area contributed by atoms with E-state index in [0.29, 0.717) is 11.8 Å². The summed E-state index contributed by atoms with van der Waals surface area (Å²) in [5.74, 6) is 0.185. The van der Waals surface area contributed by atoms with Gasteiger partial charge in [-0.1, -0.05) is 41.5 Å². The zero-order valence-corrected chi connectivity index (χ0v) is 18.3. The van der Waals surface area contributed by atoms with Crippen LogP contribution in [0.15, 0.2) is 12.2 Å². The summed E-state index contributed by atoms with van der Waals surface area (Å²) in [7, 11) is 0. The number of hydrogen-bond acceptors (Lipinski definition) is 4. The number of ether oxygens (including phenoxy) is 2. The van der Waals surface area contributed by atoms with Gasteiger partial charge in [0.25, 0.3) is 0 Å². The second kappa shape index (κ2) is 6.09. The molecule has 4 nitrogen and oxygen atoms in total. The van der Waals surface area contributed by atoms with Crippen molar-refractivity contribution in [3.05, 3.63) is 12.2 Å². The molecule has 156 valence electrons. The molecule has 4 saturated carbocycles. The molecular weight excluding hydrogens is 352 g/mol. The Kier molecular flexibility index (Phi) is 4.34. The summed E-state index contributed by atoms with van der Waals surface area (Å²) in [4.78, 5) is 24.6. The number of esters is 2. The number of fused-ring (bicyclic) bond motifs is 4. The van der Waals surface area contributed by atoms with Gasteiger partial charge < -0.3 is 9.47 Å². The summed E-state index contributed by atoms with van der Waals surface area (Å²) >= 11 is 0. The van der Waals surface area contributed by atoms with Gasteiger partial charge in [0.05, 0.1) is 0 Å². The summed E-state index contributed by atoms with van der Waals surface area (Å²) in [5.41, 5.74) is 0.678. The topological polar surface area (TPSA) is 52.6 Å². The highest BCUT2D eigenvalue weighted by Crippen LogP contribution is 2.67. The second-order valence-corrected chi connectivity index (χ2v) is 11.5. The fraction of sp³-hybridized carbons (Fsp3) is 0.833. The highest BCUT2D eigenvalue weighted by molar-refractivity contribution is 5.91. The smallest absolute Gasteiger partial charge is 0.331 e. The minimum Gasteiger partial charge on any atom is -0.459 e. The first-order valence-electron chi connectivity index (χ1n) is 11.0. The van der Waals surface area contributed by atoms with Crippen LogP contribution >= 0.6 is 0 Å². The van der Waals surface area contributed by atoms with Gasteiger partial charge in [0.2, 0.25) is 0 Å². The number of hydrogen-bond donors (Lipinski definition) is 0. The lowest BCUT2D eigenvalue weighted by molar-refractivity contribution is -0.152. The van der Waals surface area contributed by atoms with Crippen molar-refractivity contribution in [1.29, 1.82) is 0 Å². The molecule has 4 fully saturated rings. The summed E-state index contributed by atoms with van der Waals surface area (Å²) in [6.07, 6.45) is 8.92. The monoisotopic (exact) mass is 388 g/mol. The lowest BCUT2D eigenvalue weighted by Crippen LogP contribution is -2.38. The van der Waals surface area contributed by atoms with Crippen molar-refractivity contribution in [2.45, 2.75) is 92.3 Å². The summed E-state index contributed by atoms with van der Waals surface area (Å²) < 4.78 is 11.5. The summed E-state index contributed by atoms with van der Waals surface area (Å²) in [6, 6.07) is 0. The van der Waals surface area contributed by atoms with Crippen LogP contribution in [0.2, 0.25) is 0 Å². The zero-order valence-electron chi connectivity index (χ0n) is 18.3. The SMILES string of the molecule is CC1(C)[C@H]2CC[C@]1(C)C[C@H]2OC(=O)/C=C\C(=O)O[C@H]1C[C@H]2CC[C@@]1(C)C2(C)C. The zero-order chi connectivity index (χ0) is 20.5. The van der Waals surface area contributed by atoms with E-state index in [-0.39, 0.29) is 33.9 Å². The summed E-state index contributed by atoms with van der Waals surface area (Å²) in [5, 5.41) is 0. The van der Waals surface area contributed by atoms with Crippen molar-refractivity contribution in [2.75, 3.05) is 0 Å². The molecule has 4 aliphatic carbocycles. The van der Waals surface area contributed by atoms with Crippen LogP contribution in [-0.2, 0) is 19.1 Å². The molecule has 4 bridgehead atoms. The Morgan fingerprint density at radius 1 is 0.857 bits per heavy atom. The van der Waals surface area contributed by atoms with Crippen LogP contribution in [0.5, 0.6) is 0 Å². The van der Waals surface area contributed by atoms with Gasteiger partial charge in [0.15, 0.2) is 0 Å². The molecule has 0 heterocycles. The van der Waals surface area contributed by atoms with Crippen molar-refractivity contribution in [3.8, 4) is 0 Å². The van der Waals surface area contributed by atoms with Crippen LogP contribution in [0.3, 0.4) is 0 Å². The third kappa shape index (κ3) is 2.62. The molecule has 4 rings (SSSR count).